The molecule has 1 saturated heterocycles. The number of hydrogen-bond acceptors (Lipinski definition) is 5. The van der Waals surface area contributed by atoms with E-state index in [1.807, 2.05) is 49.4 Å². The highest BCUT2D eigenvalue weighted by atomic mass is 32.2. The van der Waals surface area contributed by atoms with Gasteiger partial charge in [0.05, 0.1) is 22.3 Å². The molecule has 0 bridgehead atoms. The maximum absolute atomic E-state index is 12.9. The van der Waals surface area contributed by atoms with Gasteiger partial charge in [-0.3, -0.25) is 9.52 Å². The highest BCUT2D eigenvalue weighted by molar-refractivity contribution is 7.92. The summed E-state index contributed by atoms with van der Waals surface area (Å²) >= 11 is 0. The quantitative estimate of drug-likeness (QED) is 0.385. The normalized spacial score (nSPS) is 16.6. The molecule has 8 nitrogen and oxygen atoms in total. The van der Waals surface area contributed by atoms with Crippen molar-refractivity contribution < 1.29 is 21.6 Å². The SMILES string of the molecule is Cc1ccccc1NS(=O)(=O)c1ccc(NC(=O)[C@H]2CCCN(S(=O)(=O)CCCc3ccccc3)C2)cc1. The first-order chi connectivity index (χ1) is 18.1. The summed E-state index contributed by atoms with van der Waals surface area (Å²) < 4.78 is 55.4. The molecular weight excluding hydrogens is 522 g/mol. The standard InChI is InChI=1S/C28H33N3O5S2/c1-22-9-5-6-14-27(22)30-38(35,36)26-17-15-25(16-18-26)29-28(32)24-13-7-19-31(21-24)37(33,34)20-8-12-23-10-3-2-4-11-23/h2-6,9-11,14-18,24,30H,7-8,12-13,19-21H2,1H3,(H,29,32)/t24-/m0/s1. The van der Waals surface area contributed by atoms with Crippen LogP contribution in [0.25, 0.3) is 0 Å². The topological polar surface area (TPSA) is 113 Å². The number of hydrogen-bond donors (Lipinski definition) is 2. The van der Waals surface area contributed by atoms with Crippen molar-refractivity contribution in [1.82, 2.24) is 4.31 Å². The first-order valence-corrected chi connectivity index (χ1v) is 15.7. The zero-order valence-electron chi connectivity index (χ0n) is 21.3. The number of anilines is 2. The zero-order valence-corrected chi connectivity index (χ0v) is 23.0. The molecule has 2 N–H and O–H groups in total. The second-order valence-electron chi connectivity index (χ2n) is 9.54. The molecular formula is C28H33N3O5S2. The van der Waals surface area contributed by atoms with Crippen LogP contribution in [0.15, 0.2) is 83.8 Å². The fraction of sp³-hybridized carbons (Fsp3) is 0.321. The molecule has 10 heteroatoms. The van der Waals surface area contributed by atoms with Crippen molar-refractivity contribution in [3.63, 3.8) is 0 Å². The third-order valence-corrected chi connectivity index (χ3v) is 9.98. The van der Waals surface area contributed by atoms with E-state index in [0.29, 0.717) is 43.6 Å². The van der Waals surface area contributed by atoms with Crippen LogP contribution in [0.5, 0.6) is 0 Å². The van der Waals surface area contributed by atoms with E-state index in [1.165, 1.54) is 28.6 Å². The summed E-state index contributed by atoms with van der Waals surface area (Å²) in [4.78, 5) is 13.0. The van der Waals surface area contributed by atoms with Gasteiger partial charge in [0.25, 0.3) is 10.0 Å². The van der Waals surface area contributed by atoms with Crippen LogP contribution in [0.4, 0.5) is 11.4 Å². The van der Waals surface area contributed by atoms with Gasteiger partial charge in [0.1, 0.15) is 0 Å². The molecule has 0 spiro atoms. The number of benzene rings is 3. The van der Waals surface area contributed by atoms with Crippen LogP contribution in [0, 0.1) is 12.8 Å². The van der Waals surface area contributed by atoms with Gasteiger partial charge in [-0.2, -0.15) is 0 Å². The first-order valence-electron chi connectivity index (χ1n) is 12.7. The van der Waals surface area contributed by atoms with Gasteiger partial charge in [-0.1, -0.05) is 48.5 Å². The number of rotatable bonds is 10. The highest BCUT2D eigenvalue weighted by Gasteiger charge is 2.32. The molecule has 1 aliphatic rings. The van der Waals surface area contributed by atoms with Gasteiger partial charge in [-0.05, 0) is 74.1 Å². The molecule has 0 aromatic heterocycles. The number of nitrogens with zero attached hydrogens (tertiary/aromatic N) is 1. The highest BCUT2D eigenvalue weighted by Crippen LogP contribution is 2.24. The summed E-state index contributed by atoms with van der Waals surface area (Å²) in [5, 5.41) is 2.81. The van der Waals surface area contributed by atoms with Crippen molar-refractivity contribution in [2.45, 2.75) is 37.5 Å². The molecule has 1 amide bonds. The molecule has 1 atom stereocenters. The number of carbonyl (C=O) groups excluding carboxylic acids is 1. The van der Waals surface area contributed by atoms with E-state index in [0.717, 1.165) is 11.1 Å². The van der Waals surface area contributed by atoms with E-state index in [2.05, 4.69) is 10.0 Å². The summed E-state index contributed by atoms with van der Waals surface area (Å²) in [7, 11) is -7.25. The number of para-hydroxylation sites is 1. The first kappa shape index (κ1) is 27.8. The Morgan fingerprint density at radius 1 is 0.921 bits per heavy atom. The molecule has 202 valence electrons. The third-order valence-electron chi connectivity index (χ3n) is 6.68. The van der Waals surface area contributed by atoms with Crippen LogP contribution in [-0.4, -0.2) is 45.9 Å². The lowest BCUT2D eigenvalue weighted by Crippen LogP contribution is -2.44. The van der Waals surface area contributed by atoms with Crippen molar-refractivity contribution >= 4 is 37.3 Å². The van der Waals surface area contributed by atoms with Gasteiger partial charge in [-0.25, -0.2) is 21.1 Å². The average Bonchev–Trinajstić information content (AvgIpc) is 2.91. The minimum absolute atomic E-state index is 0.0444. The number of carbonyl (C=O) groups is 1. The van der Waals surface area contributed by atoms with Gasteiger partial charge in [0.15, 0.2) is 0 Å². The molecule has 1 heterocycles. The van der Waals surface area contributed by atoms with Crippen LogP contribution in [0.1, 0.15) is 30.4 Å². The minimum atomic E-state index is -3.79. The van der Waals surface area contributed by atoms with E-state index in [9.17, 15) is 21.6 Å². The van der Waals surface area contributed by atoms with E-state index in [-0.39, 0.29) is 23.1 Å². The van der Waals surface area contributed by atoms with Crippen LogP contribution in [0.3, 0.4) is 0 Å². The Labute approximate surface area is 225 Å². The molecule has 0 radical (unpaired) electrons. The number of piperidine rings is 1. The van der Waals surface area contributed by atoms with Gasteiger partial charge in [-0.15, -0.1) is 0 Å². The number of sulfonamides is 2. The molecule has 1 aliphatic heterocycles. The van der Waals surface area contributed by atoms with Gasteiger partial charge < -0.3 is 5.32 Å². The van der Waals surface area contributed by atoms with E-state index in [1.54, 1.807) is 12.1 Å². The Morgan fingerprint density at radius 2 is 1.61 bits per heavy atom. The predicted octanol–water partition coefficient (Wildman–Crippen LogP) is 4.41. The van der Waals surface area contributed by atoms with Crippen LogP contribution >= 0.6 is 0 Å². The molecule has 1 fully saturated rings. The van der Waals surface area contributed by atoms with Crippen LogP contribution in [-0.2, 0) is 31.3 Å². The second kappa shape index (κ2) is 12.1. The lowest BCUT2D eigenvalue weighted by molar-refractivity contribution is -0.120. The van der Waals surface area contributed by atoms with Gasteiger partial charge in [0.2, 0.25) is 15.9 Å². The summed E-state index contributed by atoms with van der Waals surface area (Å²) in [5.74, 6) is -0.704. The number of amides is 1. The zero-order chi connectivity index (χ0) is 27.2. The average molecular weight is 556 g/mol. The van der Waals surface area contributed by atoms with E-state index in [4.69, 9.17) is 0 Å². The van der Waals surface area contributed by atoms with Crippen LogP contribution in [0.2, 0.25) is 0 Å². The van der Waals surface area contributed by atoms with Crippen molar-refractivity contribution in [3.05, 3.63) is 90.0 Å². The maximum atomic E-state index is 12.9. The Balaban J connectivity index is 1.32. The molecule has 0 saturated carbocycles. The largest absolute Gasteiger partial charge is 0.326 e. The predicted molar refractivity (Wildman–Crippen MR) is 150 cm³/mol. The molecule has 3 aromatic carbocycles. The molecule has 0 aliphatic carbocycles. The van der Waals surface area contributed by atoms with E-state index >= 15 is 0 Å². The van der Waals surface area contributed by atoms with Gasteiger partial charge in [0, 0.05) is 18.8 Å². The minimum Gasteiger partial charge on any atom is -0.326 e. The van der Waals surface area contributed by atoms with Crippen molar-refractivity contribution in [3.8, 4) is 0 Å². The second-order valence-corrected chi connectivity index (χ2v) is 13.3. The smallest absolute Gasteiger partial charge is 0.261 e. The summed E-state index contributed by atoms with van der Waals surface area (Å²) in [6.45, 7) is 2.38. The van der Waals surface area contributed by atoms with Crippen molar-refractivity contribution in [1.29, 1.82) is 0 Å². The summed E-state index contributed by atoms with van der Waals surface area (Å²) in [5.41, 5.74) is 2.86. The fourth-order valence-corrected chi connectivity index (χ4v) is 7.21. The monoisotopic (exact) mass is 555 g/mol. The summed E-state index contributed by atoms with van der Waals surface area (Å²) in [6.07, 6.45) is 2.41. The Bertz CT molecular complexity index is 1460. The fourth-order valence-electron chi connectivity index (χ4n) is 4.49. The molecule has 3 aromatic rings. The summed E-state index contributed by atoms with van der Waals surface area (Å²) in [6, 6.07) is 22.8. The molecule has 0 unspecified atom stereocenters. The molecule has 38 heavy (non-hydrogen) atoms. The lowest BCUT2D eigenvalue weighted by Gasteiger charge is -2.31. The number of aryl methyl sites for hydroxylation is 2. The maximum Gasteiger partial charge on any atom is 0.261 e. The van der Waals surface area contributed by atoms with Crippen molar-refractivity contribution in [2.75, 3.05) is 28.9 Å². The Kier molecular flexibility index (Phi) is 8.86. The number of nitrogens with one attached hydrogen (secondary N) is 2. The lowest BCUT2D eigenvalue weighted by atomic mass is 9.99. The van der Waals surface area contributed by atoms with Gasteiger partial charge >= 0.3 is 0 Å². The Morgan fingerprint density at radius 3 is 2.32 bits per heavy atom. The Hall–Kier alpha value is -3.21. The molecule has 4 rings (SSSR count). The van der Waals surface area contributed by atoms with E-state index < -0.39 is 26.0 Å². The third kappa shape index (κ3) is 7.21. The van der Waals surface area contributed by atoms with Crippen molar-refractivity contribution in [2.24, 2.45) is 5.92 Å². The van der Waals surface area contributed by atoms with Crippen LogP contribution < -0.4 is 10.0 Å².